The van der Waals surface area contributed by atoms with E-state index in [0.717, 1.165) is 12.8 Å². The van der Waals surface area contributed by atoms with Crippen LogP contribution in [0.4, 0.5) is 4.39 Å². The first-order valence-corrected chi connectivity index (χ1v) is 7.49. The Morgan fingerprint density at radius 3 is 2.80 bits per heavy atom. The number of hydrazone groups is 1. The molecule has 0 bridgehead atoms. The second-order valence-electron chi connectivity index (χ2n) is 4.81. The van der Waals surface area contributed by atoms with Crippen molar-refractivity contribution < 1.29 is 4.39 Å². The average molecular weight is 314 g/mol. The average Bonchev–Trinajstić information content (AvgIpc) is 2.43. The summed E-state index contributed by atoms with van der Waals surface area (Å²) in [7, 11) is 0. The predicted molar refractivity (Wildman–Crippen MR) is 84.7 cm³/mol. The van der Waals surface area contributed by atoms with E-state index in [0.29, 0.717) is 16.2 Å². The lowest BCUT2D eigenvalue weighted by Crippen LogP contribution is -2.40. The summed E-state index contributed by atoms with van der Waals surface area (Å²) >= 11 is 11.0. The number of nitrogens with one attached hydrogen (secondary N) is 2. The third-order valence-corrected chi connectivity index (χ3v) is 3.84. The van der Waals surface area contributed by atoms with Crippen molar-refractivity contribution in [1.29, 1.82) is 0 Å². The van der Waals surface area contributed by atoms with E-state index in [-0.39, 0.29) is 5.56 Å². The molecule has 1 aliphatic rings. The molecular formula is C14H17ClFN3S. The van der Waals surface area contributed by atoms with Crippen LogP contribution < -0.4 is 10.7 Å². The largest absolute Gasteiger partial charge is 0.359 e. The lowest BCUT2D eigenvalue weighted by molar-refractivity contribution is 0.412. The molecule has 1 fully saturated rings. The third kappa shape index (κ3) is 4.42. The van der Waals surface area contributed by atoms with Crippen molar-refractivity contribution in [1.82, 2.24) is 10.7 Å². The van der Waals surface area contributed by atoms with Crippen molar-refractivity contribution in [2.75, 3.05) is 0 Å². The van der Waals surface area contributed by atoms with Crippen LogP contribution in [-0.4, -0.2) is 17.4 Å². The number of halogens is 2. The van der Waals surface area contributed by atoms with E-state index in [9.17, 15) is 4.39 Å². The van der Waals surface area contributed by atoms with Crippen LogP contribution in [0, 0.1) is 5.82 Å². The van der Waals surface area contributed by atoms with Gasteiger partial charge in [0.2, 0.25) is 0 Å². The Kier molecular flexibility index (Phi) is 5.73. The first-order valence-electron chi connectivity index (χ1n) is 6.70. The van der Waals surface area contributed by atoms with Gasteiger partial charge in [0.05, 0.1) is 11.2 Å². The maximum Gasteiger partial charge on any atom is 0.187 e. The minimum atomic E-state index is -0.408. The van der Waals surface area contributed by atoms with Gasteiger partial charge in [-0.05, 0) is 37.2 Å². The molecule has 2 N–H and O–H groups in total. The van der Waals surface area contributed by atoms with Gasteiger partial charge in [-0.1, -0.05) is 36.9 Å². The summed E-state index contributed by atoms with van der Waals surface area (Å²) < 4.78 is 13.5. The van der Waals surface area contributed by atoms with Gasteiger partial charge in [0.15, 0.2) is 5.11 Å². The fraction of sp³-hybridized carbons (Fsp3) is 0.429. The molecule has 1 aromatic rings. The summed E-state index contributed by atoms with van der Waals surface area (Å²) in [6, 6.07) is 4.92. The monoisotopic (exact) mass is 313 g/mol. The summed E-state index contributed by atoms with van der Waals surface area (Å²) in [6.45, 7) is 0. The fourth-order valence-corrected chi connectivity index (χ4v) is 2.69. The molecule has 2 rings (SSSR count). The van der Waals surface area contributed by atoms with Crippen LogP contribution in [0.25, 0.3) is 0 Å². The normalized spacial score (nSPS) is 16.3. The summed E-state index contributed by atoms with van der Waals surface area (Å²) in [5, 5.41) is 7.92. The van der Waals surface area contributed by atoms with Crippen LogP contribution in [0.15, 0.2) is 23.3 Å². The van der Waals surface area contributed by atoms with E-state index in [2.05, 4.69) is 15.8 Å². The summed E-state index contributed by atoms with van der Waals surface area (Å²) in [6.07, 6.45) is 7.35. The van der Waals surface area contributed by atoms with Crippen molar-refractivity contribution in [3.63, 3.8) is 0 Å². The zero-order valence-electron chi connectivity index (χ0n) is 11.0. The zero-order valence-corrected chi connectivity index (χ0v) is 12.6. The van der Waals surface area contributed by atoms with Gasteiger partial charge in [0, 0.05) is 11.6 Å². The highest BCUT2D eigenvalue weighted by Gasteiger charge is 2.13. The molecule has 3 nitrogen and oxygen atoms in total. The highest BCUT2D eigenvalue weighted by Crippen LogP contribution is 2.17. The van der Waals surface area contributed by atoms with Gasteiger partial charge in [0.25, 0.3) is 0 Å². The van der Waals surface area contributed by atoms with Crippen LogP contribution >= 0.6 is 23.8 Å². The van der Waals surface area contributed by atoms with E-state index in [4.69, 9.17) is 23.8 Å². The second kappa shape index (κ2) is 7.55. The Labute approximate surface area is 128 Å². The summed E-state index contributed by atoms with van der Waals surface area (Å²) in [5.74, 6) is -0.408. The van der Waals surface area contributed by atoms with Gasteiger partial charge < -0.3 is 5.32 Å². The quantitative estimate of drug-likeness (QED) is 0.508. The molecule has 0 amide bonds. The molecule has 0 aromatic heterocycles. The van der Waals surface area contributed by atoms with Gasteiger partial charge in [-0.2, -0.15) is 5.10 Å². The van der Waals surface area contributed by atoms with Crippen molar-refractivity contribution in [3.05, 3.63) is 34.6 Å². The van der Waals surface area contributed by atoms with Crippen LogP contribution in [0.1, 0.15) is 37.7 Å². The molecule has 0 atom stereocenters. The molecule has 20 heavy (non-hydrogen) atoms. The summed E-state index contributed by atoms with van der Waals surface area (Å²) in [5.41, 5.74) is 2.95. The molecule has 6 heteroatoms. The minimum Gasteiger partial charge on any atom is -0.359 e. The van der Waals surface area contributed by atoms with Gasteiger partial charge in [-0.25, -0.2) is 4.39 Å². The van der Waals surface area contributed by atoms with Gasteiger partial charge >= 0.3 is 0 Å². The molecule has 0 radical (unpaired) electrons. The van der Waals surface area contributed by atoms with Gasteiger partial charge in [0.1, 0.15) is 5.82 Å². The zero-order chi connectivity index (χ0) is 14.4. The molecule has 1 saturated carbocycles. The Hall–Kier alpha value is -1.20. The number of rotatable bonds is 3. The number of hydrogen-bond acceptors (Lipinski definition) is 2. The van der Waals surface area contributed by atoms with Crippen LogP contribution in [0.3, 0.4) is 0 Å². The van der Waals surface area contributed by atoms with Gasteiger partial charge in [-0.3, -0.25) is 5.43 Å². The maximum absolute atomic E-state index is 13.5. The van der Waals surface area contributed by atoms with E-state index in [1.165, 1.54) is 31.5 Å². The standard InChI is InChI=1S/C14H17ClFN3S/c15-12-7-4-8-13(16)11(12)9-17-19-14(20)18-10-5-2-1-3-6-10/h4,7-10H,1-3,5-6H2,(H2,18,19,20)/b17-9+. The maximum atomic E-state index is 13.5. The van der Waals surface area contributed by atoms with Crippen molar-refractivity contribution in [3.8, 4) is 0 Å². The number of nitrogens with zero attached hydrogens (tertiary/aromatic N) is 1. The van der Waals surface area contributed by atoms with E-state index in [1.54, 1.807) is 12.1 Å². The van der Waals surface area contributed by atoms with Crippen LogP contribution in [0.5, 0.6) is 0 Å². The Bertz CT molecular complexity index is 481. The lowest BCUT2D eigenvalue weighted by Gasteiger charge is -2.23. The predicted octanol–water partition coefficient (Wildman–Crippen LogP) is 3.61. The topological polar surface area (TPSA) is 36.4 Å². The Morgan fingerprint density at radius 1 is 1.35 bits per heavy atom. The smallest absolute Gasteiger partial charge is 0.187 e. The molecular weight excluding hydrogens is 297 g/mol. The first-order chi connectivity index (χ1) is 9.66. The molecule has 0 heterocycles. The van der Waals surface area contributed by atoms with Crippen LogP contribution in [-0.2, 0) is 0 Å². The second-order valence-corrected chi connectivity index (χ2v) is 5.63. The Balaban J connectivity index is 1.84. The SMILES string of the molecule is Fc1cccc(Cl)c1/C=N/NC(=S)NC1CCCCC1. The van der Waals surface area contributed by atoms with Gasteiger partial charge in [-0.15, -0.1) is 0 Å². The molecule has 108 valence electrons. The van der Waals surface area contributed by atoms with E-state index < -0.39 is 5.82 Å². The van der Waals surface area contributed by atoms with Crippen LogP contribution in [0.2, 0.25) is 5.02 Å². The minimum absolute atomic E-state index is 0.252. The van der Waals surface area contributed by atoms with Crippen molar-refractivity contribution in [2.45, 2.75) is 38.1 Å². The lowest BCUT2D eigenvalue weighted by atomic mass is 9.96. The fourth-order valence-electron chi connectivity index (χ4n) is 2.25. The number of hydrogen-bond donors (Lipinski definition) is 2. The van der Waals surface area contributed by atoms with E-state index in [1.807, 2.05) is 0 Å². The summed E-state index contributed by atoms with van der Waals surface area (Å²) in [4.78, 5) is 0. The molecule has 0 spiro atoms. The highest BCUT2D eigenvalue weighted by molar-refractivity contribution is 7.80. The first kappa shape index (κ1) is 15.2. The number of thiocarbonyl (C=S) groups is 1. The molecule has 1 aromatic carbocycles. The molecule has 0 saturated heterocycles. The van der Waals surface area contributed by atoms with Crippen molar-refractivity contribution >= 4 is 35.1 Å². The third-order valence-electron chi connectivity index (χ3n) is 3.30. The number of benzene rings is 1. The van der Waals surface area contributed by atoms with E-state index >= 15 is 0 Å². The molecule has 0 aliphatic heterocycles. The van der Waals surface area contributed by atoms with Crippen molar-refractivity contribution in [2.24, 2.45) is 5.10 Å². The molecule has 1 aliphatic carbocycles. The molecule has 0 unspecified atom stereocenters. The Morgan fingerprint density at radius 2 is 2.10 bits per heavy atom. The highest BCUT2D eigenvalue weighted by atomic mass is 35.5.